The molecular formula is C10HClF5N5. The normalized spacial score (nSPS) is 11.3. The number of imidazole rings is 1. The molecular weight excluding hydrogens is 321 g/mol. The number of hydrogen-bond donors (Lipinski definition) is 0. The van der Waals surface area contributed by atoms with Crippen LogP contribution in [0.15, 0.2) is 6.33 Å². The van der Waals surface area contributed by atoms with Crippen molar-refractivity contribution in [2.24, 2.45) is 0 Å². The van der Waals surface area contributed by atoms with Gasteiger partial charge >= 0.3 is 6.08 Å². The molecule has 0 amide bonds. The van der Waals surface area contributed by atoms with Crippen molar-refractivity contribution in [3.05, 3.63) is 41.1 Å². The molecule has 0 aromatic carbocycles. The van der Waals surface area contributed by atoms with Crippen LogP contribution >= 0.6 is 11.6 Å². The van der Waals surface area contributed by atoms with Crippen molar-refractivity contribution in [1.29, 1.82) is 0 Å². The average molecular weight is 322 g/mol. The molecule has 3 heterocycles. The number of pyridine rings is 1. The minimum absolute atomic E-state index is 0.200. The van der Waals surface area contributed by atoms with Gasteiger partial charge in [-0.05, 0) is 0 Å². The summed E-state index contributed by atoms with van der Waals surface area (Å²) in [5, 5.41) is -0.424. The van der Waals surface area contributed by atoms with Gasteiger partial charge in [-0.2, -0.15) is 36.9 Å². The molecule has 11 heteroatoms. The van der Waals surface area contributed by atoms with Gasteiger partial charge in [-0.1, -0.05) is 11.6 Å². The first-order valence-electron chi connectivity index (χ1n) is 5.16. The fraction of sp³-hybridized carbons (Fsp3) is 0. The first-order chi connectivity index (χ1) is 9.90. The van der Waals surface area contributed by atoms with Gasteiger partial charge in [0.2, 0.25) is 11.6 Å². The van der Waals surface area contributed by atoms with Crippen LogP contribution in [0.5, 0.6) is 0 Å². The standard InChI is InChI=1S/C10HClF5N5/c11-6-4-9(20-10(16)18-6)21(1-17-4)5-2(12)7(14)19-8(15)3(5)13/h1H. The molecule has 3 aromatic rings. The molecule has 5 nitrogen and oxygen atoms in total. The summed E-state index contributed by atoms with van der Waals surface area (Å²) in [5.41, 5.74) is -1.85. The highest BCUT2D eigenvalue weighted by Crippen LogP contribution is 2.26. The van der Waals surface area contributed by atoms with Crippen molar-refractivity contribution < 1.29 is 22.0 Å². The summed E-state index contributed by atoms with van der Waals surface area (Å²) in [5.74, 6) is -7.32. The highest BCUT2D eigenvalue weighted by Gasteiger charge is 2.25. The average Bonchev–Trinajstić information content (AvgIpc) is 2.81. The lowest BCUT2D eigenvalue weighted by Gasteiger charge is -2.07. The molecule has 0 atom stereocenters. The Bertz CT molecular complexity index is 854. The van der Waals surface area contributed by atoms with Gasteiger partial charge in [-0.25, -0.2) is 4.98 Å². The highest BCUT2D eigenvalue weighted by atomic mass is 35.5. The Hall–Kier alpha value is -2.36. The number of aromatic nitrogens is 5. The van der Waals surface area contributed by atoms with Crippen molar-refractivity contribution in [3.63, 3.8) is 0 Å². The van der Waals surface area contributed by atoms with Crippen LogP contribution in [-0.4, -0.2) is 24.5 Å². The van der Waals surface area contributed by atoms with E-state index in [4.69, 9.17) is 11.6 Å². The van der Waals surface area contributed by atoms with Crippen LogP contribution in [-0.2, 0) is 0 Å². The fourth-order valence-electron chi connectivity index (χ4n) is 1.69. The van der Waals surface area contributed by atoms with E-state index in [1.165, 1.54) is 0 Å². The first kappa shape index (κ1) is 13.6. The molecule has 0 aliphatic rings. The molecule has 0 bridgehead atoms. The van der Waals surface area contributed by atoms with Gasteiger partial charge in [0.15, 0.2) is 10.8 Å². The molecule has 21 heavy (non-hydrogen) atoms. The summed E-state index contributed by atoms with van der Waals surface area (Å²) in [7, 11) is 0. The highest BCUT2D eigenvalue weighted by molar-refractivity contribution is 6.33. The zero-order valence-corrected chi connectivity index (χ0v) is 10.3. The van der Waals surface area contributed by atoms with Gasteiger partial charge in [-0.15, -0.1) is 0 Å². The minimum Gasteiger partial charge on any atom is -0.277 e. The quantitative estimate of drug-likeness (QED) is 0.299. The topological polar surface area (TPSA) is 56.5 Å². The van der Waals surface area contributed by atoms with Gasteiger partial charge in [0.05, 0.1) is 0 Å². The molecule has 0 N–H and O–H groups in total. The van der Waals surface area contributed by atoms with Crippen LogP contribution in [0, 0.1) is 29.6 Å². The third kappa shape index (κ3) is 1.98. The number of hydrogen-bond acceptors (Lipinski definition) is 4. The van der Waals surface area contributed by atoms with Gasteiger partial charge in [0, 0.05) is 0 Å². The van der Waals surface area contributed by atoms with Crippen molar-refractivity contribution >= 4 is 22.8 Å². The van der Waals surface area contributed by atoms with Gasteiger partial charge in [0.25, 0.3) is 11.9 Å². The summed E-state index contributed by atoms with van der Waals surface area (Å²) in [6, 6.07) is 0. The third-order valence-corrected chi connectivity index (χ3v) is 2.81. The molecule has 0 radical (unpaired) electrons. The Kier molecular flexibility index (Phi) is 2.97. The van der Waals surface area contributed by atoms with Crippen molar-refractivity contribution in [3.8, 4) is 5.69 Å². The summed E-state index contributed by atoms with van der Waals surface area (Å²) in [6.45, 7) is 0. The molecule has 3 rings (SSSR count). The minimum atomic E-state index is -1.87. The fourth-order valence-corrected chi connectivity index (χ4v) is 1.89. The Labute approximate surface area is 117 Å². The van der Waals surface area contributed by atoms with Gasteiger partial charge in [0.1, 0.15) is 17.5 Å². The van der Waals surface area contributed by atoms with E-state index in [0.29, 0.717) is 4.57 Å². The summed E-state index contributed by atoms with van der Waals surface area (Å²) < 4.78 is 67.2. The van der Waals surface area contributed by atoms with E-state index in [-0.39, 0.29) is 5.52 Å². The van der Waals surface area contributed by atoms with Gasteiger partial charge < -0.3 is 0 Å². The second-order valence-electron chi connectivity index (χ2n) is 3.74. The van der Waals surface area contributed by atoms with Crippen LogP contribution < -0.4 is 0 Å². The largest absolute Gasteiger partial charge is 0.312 e. The number of fused-ring (bicyclic) bond motifs is 1. The Balaban J connectivity index is 2.42. The van der Waals surface area contributed by atoms with Crippen molar-refractivity contribution in [1.82, 2.24) is 24.5 Å². The molecule has 0 fully saturated rings. The molecule has 0 spiro atoms. The number of halogens is 6. The van der Waals surface area contributed by atoms with E-state index in [9.17, 15) is 22.0 Å². The maximum absolute atomic E-state index is 13.7. The zero-order chi connectivity index (χ0) is 15.3. The van der Waals surface area contributed by atoms with E-state index in [1.807, 2.05) is 0 Å². The molecule has 0 saturated carbocycles. The van der Waals surface area contributed by atoms with E-state index in [1.54, 1.807) is 0 Å². The molecule has 0 aliphatic heterocycles. The van der Waals surface area contributed by atoms with Gasteiger partial charge in [-0.3, -0.25) is 4.57 Å². The third-order valence-electron chi connectivity index (χ3n) is 2.54. The second kappa shape index (κ2) is 4.58. The van der Waals surface area contributed by atoms with Crippen molar-refractivity contribution in [2.75, 3.05) is 0 Å². The number of nitrogens with zero attached hydrogens (tertiary/aromatic N) is 5. The summed E-state index contributed by atoms with van der Waals surface area (Å²) in [6.07, 6.45) is -0.532. The maximum Gasteiger partial charge on any atom is 0.312 e. The molecule has 3 aromatic heterocycles. The van der Waals surface area contributed by atoms with E-state index in [2.05, 4.69) is 19.9 Å². The zero-order valence-electron chi connectivity index (χ0n) is 9.58. The van der Waals surface area contributed by atoms with E-state index < -0.39 is 46.1 Å². The Morgan fingerprint density at radius 3 is 2.14 bits per heavy atom. The monoisotopic (exact) mass is 321 g/mol. The summed E-state index contributed by atoms with van der Waals surface area (Å²) in [4.78, 5) is 12.4. The molecule has 108 valence electrons. The SMILES string of the molecule is Fc1nc(Cl)c2ncn(-c3c(F)c(F)nc(F)c3F)c2n1. The number of rotatable bonds is 1. The van der Waals surface area contributed by atoms with Crippen LogP contribution in [0.1, 0.15) is 0 Å². The molecule has 0 aliphatic carbocycles. The Morgan fingerprint density at radius 2 is 1.52 bits per heavy atom. The van der Waals surface area contributed by atoms with Crippen LogP contribution in [0.2, 0.25) is 5.15 Å². The van der Waals surface area contributed by atoms with Crippen molar-refractivity contribution in [2.45, 2.75) is 0 Å². The van der Waals surface area contributed by atoms with E-state index in [0.717, 1.165) is 6.33 Å². The van der Waals surface area contributed by atoms with Crippen LogP contribution in [0.4, 0.5) is 22.0 Å². The lowest BCUT2D eigenvalue weighted by Crippen LogP contribution is -2.09. The van der Waals surface area contributed by atoms with E-state index >= 15 is 0 Å². The predicted octanol–water partition coefficient (Wildman–Crippen LogP) is 2.56. The first-order valence-corrected chi connectivity index (χ1v) is 5.54. The maximum atomic E-state index is 13.7. The van der Waals surface area contributed by atoms with Crippen LogP contribution in [0.3, 0.4) is 0 Å². The Morgan fingerprint density at radius 1 is 0.905 bits per heavy atom. The predicted molar refractivity (Wildman–Crippen MR) is 59.3 cm³/mol. The molecule has 0 saturated heterocycles. The smallest absolute Gasteiger partial charge is 0.277 e. The lowest BCUT2D eigenvalue weighted by molar-refractivity contribution is 0.403. The molecule has 0 unspecified atom stereocenters. The summed E-state index contributed by atoms with van der Waals surface area (Å²) >= 11 is 5.59. The lowest BCUT2D eigenvalue weighted by atomic mass is 10.3. The second-order valence-corrected chi connectivity index (χ2v) is 4.10. The van der Waals surface area contributed by atoms with Crippen LogP contribution in [0.25, 0.3) is 16.9 Å².